The summed E-state index contributed by atoms with van der Waals surface area (Å²) in [4.78, 5) is 19.6. The molecule has 0 fully saturated rings. The molecule has 0 saturated heterocycles. The molecule has 0 spiro atoms. The van der Waals surface area contributed by atoms with Gasteiger partial charge in [0.1, 0.15) is 5.82 Å². The number of carbonyl (C=O) groups excluding carboxylic acids is 1. The molecular formula is C26H23FN2O3S. The normalized spacial score (nSPS) is 10.6. The molecule has 5 nitrogen and oxygen atoms in total. The molecule has 4 aromatic rings. The number of ether oxygens (including phenoxy) is 2. The third kappa shape index (κ3) is 5.04. The quantitative estimate of drug-likeness (QED) is 0.329. The van der Waals surface area contributed by atoms with Gasteiger partial charge in [0.2, 0.25) is 0 Å². The number of rotatable bonds is 8. The monoisotopic (exact) mass is 462 g/mol. The van der Waals surface area contributed by atoms with E-state index in [0.717, 1.165) is 16.8 Å². The highest BCUT2D eigenvalue weighted by atomic mass is 32.1. The Hall–Kier alpha value is -3.71. The van der Waals surface area contributed by atoms with E-state index in [2.05, 4.69) is 4.98 Å². The van der Waals surface area contributed by atoms with E-state index in [1.54, 1.807) is 26.4 Å². The fraction of sp³-hybridized carbons (Fsp3) is 0.154. The second-order valence-corrected chi connectivity index (χ2v) is 8.09. The summed E-state index contributed by atoms with van der Waals surface area (Å²) in [6.45, 7) is 0.324. The summed E-state index contributed by atoms with van der Waals surface area (Å²) < 4.78 is 25.1. The van der Waals surface area contributed by atoms with E-state index in [9.17, 15) is 9.18 Å². The van der Waals surface area contributed by atoms with E-state index in [1.165, 1.54) is 28.4 Å². The summed E-state index contributed by atoms with van der Waals surface area (Å²) >= 11 is 1.36. The van der Waals surface area contributed by atoms with Gasteiger partial charge in [-0.25, -0.2) is 9.37 Å². The number of benzene rings is 3. The van der Waals surface area contributed by atoms with Gasteiger partial charge in [0.25, 0.3) is 5.91 Å². The number of hydrogen-bond acceptors (Lipinski definition) is 5. The van der Waals surface area contributed by atoms with Crippen LogP contribution in [0.3, 0.4) is 0 Å². The van der Waals surface area contributed by atoms with Crippen LogP contribution < -0.4 is 14.4 Å². The summed E-state index contributed by atoms with van der Waals surface area (Å²) in [7, 11) is 3.16. The van der Waals surface area contributed by atoms with Crippen molar-refractivity contribution in [3.8, 4) is 22.8 Å². The number of nitrogens with zero attached hydrogens (tertiary/aromatic N) is 2. The molecule has 0 atom stereocenters. The summed E-state index contributed by atoms with van der Waals surface area (Å²) in [5, 5.41) is 2.42. The van der Waals surface area contributed by atoms with Gasteiger partial charge in [-0.3, -0.25) is 9.69 Å². The van der Waals surface area contributed by atoms with Gasteiger partial charge in [-0.2, -0.15) is 0 Å². The van der Waals surface area contributed by atoms with Crippen molar-refractivity contribution in [3.63, 3.8) is 0 Å². The fourth-order valence-corrected chi connectivity index (χ4v) is 4.33. The molecule has 0 N–H and O–H groups in total. The first kappa shape index (κ1) is 22.5. The highest BCUT2D eigenvalue weighted by Gasteiger charge is 2.23. The number of methoxy groups -OCH3 is 2. The molecule has 168 valence electrons. The SMILES string of the molecule is COc1ccc(CCN(C(=O)c2ccccc2F)c2nc(-c3ccccc3)cs2)cc1OC. The van der Waals surface area contributed by atoms with E-state index in [4.69, 9.17) is 9.47 Å². The third-order valence-electron chi connectivity index (χ3n) is 5.21. The lowest BCUT2D eigenvalue weighted by atomic mass is 10.1. The van der Waals surface area contributed by atoms with E-state index in [-0.39, 0.29) is 5.56 Å². The van der Waals surface area contributed by atoms with Crippen molar-refractivity contribution in [2.45, 2.75) is 6.42 Å². The Morgan fingerprint density at radius 1 is 0.970 bits per heavy atom. The molecular weight excluding hydrogens is 439 g/mol. The molecule has 0 saturated carbocycles. The summed E-state index contributed by atoms with van der Waals surface area (Å²) in [5.41, 5.74) is 2.70. The Labute approximate surface area is 196 Å². The Kier molecular flexibility index (Phi) is 7.00. The zero-order valence-electron chi connectivity index (χ0n) is 18.3. The third-order valence-corrected chi connectivity index (χ3v) is 6.08. The van der Waals surface area contributed by atoms with Crippen molar-refractivity contribution >= 4 is 22.4 Å². The molecule has 33 heavy (non-hydrogen) atoms. The molecule has 1 heterocycles. The maximum absolute atomic E-state index is 14.4. The highest BCUT2D eigenvalue weighted by molar-refractivity contribution is 7.14. The maximum atomic E-state index is 14.4. The van der Waals surface area contributed by atoms with Crippen LogP contribution in [-0.4, -0.2) is 31.7 Å². The molecule has 3 aromatic carbocycles. The first-order chi connectivity index (χ1) is 16.1. The van der Waals surface area contributed by atoms with Crippen LogP contribution in [-0.2, 0) is 6.42 Å². The summed E-state index contributed by atoms with van der Waals surface area (Å²) in [5.74, 6) is 0.261. The van der Waals surface area contributed by atoms with Crippen LogP contribution in [0.1, 0.15) is 15.9 Å². The van der Waals surface area contributed by atoms with Crippen molar-refractivity contribution in [3.05, 3.63) is 95.1 Å². The molecule has 0 aliphatic rings. The number of amides is 1. The molecule has 1 amide bonds. The predicted octanol–water partition coefficient (Wildman–Crippen LogP) is 5.86. The predicted molar refractivity (Wildman–Crippen MR) is 129 cm³/mol. The second kappa shape index (κ2) is 10.3. The first-order valence-electron chi connectivity index (χ1n) is 10.4. The molecule has 7 heteroatoms. The Balaban J connectivity index is 1.64. The largest absolute Gasteiger partial charge is 0.493 e. The van der Waals surface area contributed by atoms with Crippen LogP contribution in [0.15, 0.2) is 78.2 Å². The summed E-state index contributed by atoms with van der Waals surface area (Å²) in [6.07, 6.45) is 0.529. The average Bonchev–Trinajstić information content (AvgIpc) is 3.34. The van der Waals surface area contributed by atoms with Gasteiger partial charge in [-0.1, -0.05) is 48.5 Å². The molecule has 0 unspecified atom stereocenters. The van der Waals surface area contributed by atoms with Crippen LogP contribution in [0.4, 0.5) is 9.52 Å². The topological polar surface area (TPSA) is 51.7 Å². The number of aromatic nitrogens is 1. The van der Waals surface area contributed by atoms with E-state index < -0.39 is 11.7 Å². The molecule has 0 aliphatic carbocycles. The van der Waals surface area contributed by atoms with Crippen LogP contribution in [0.2, 0.25) is 0 Å². The number of anilines is 1. The first-order valence-corrected chi connectivity index (χ1v) is 11.3. The minimum absolute atomic E-state index is 0.0151. The average molecular weight is 463 g/mol. The lowest BCUT2D eigenvalue weighted by molar-refractivity contribution is 0.0983. The van der Waals surface area contributed by atoms with Crippen LogP contribution in [0.25, 0.3) is 11.3 Å². The number of thiazole rings is 1. The molecule has 4 rings (SSSR count). The van der Waals surface area contributed by atoms with Gasteiger partial charge in [0.05, 0.1) is 25.5 Å². The Bertz CT molecular complexity index is 1240. The maximum Gasteiger partial charge on any atom is 0.263 e. The van der Waals surface area contributed by atoms with E-state index in [1.807, 2.05) is 53.9 Å². The molecule has 0 radical (unpaired) electrons. The highest BCUT2D eigenvalue weighted by Crippen LogP contribution is 2.30. The second-order valence-electron chi connectivity index (χ2n) is 7.26. The van der Waals surface area contributed by atoms with Crippen LogP contribution in [0.5, 0.6) is 11.5 Å². The van der Waals surface area contributed by atoms with Gasteiger partial charge in [-0.05, 0) is 36.2 Å². The zero-order valence-corrected chi connectivity index (χ0v) is 19.1. The van der Waals surface area contributed by atoms with Crippen molar-refractivity contribution in [2.75, 3.05) is 25.7 Å². The Morgan fingerprint density at radius 2 is 1.70 bits per heavy atom. The van der Waals surface area contributed by atoms with Gasteiger partial charge in [-0.15, -0.1) is 11.3 Å². The smallest absolute Gasteiger partial charge is 0.263 e. The van der Waals surface area contributed by atoms with Gasteiger partial charge in [0, 0.05) is 17.5 Å². The lowest BCUT2D eigenvalue weighted by Crippen LogP contribution is -2.33. The zero-order chi connectivity index (χ0) is 23.2. The minimum Gasteiger partial charge on any atom is -0.493 e. The van der Waals surface area contributed by atoms with Crippen molar-refractivity contribution in [1.29, 1.82) is 0 Å². The fourth-order valence-electron chi connectivity index (χ4n) is 3.47. The lowest BCUT2D eigenvalue weighted by Gasteiger charge is -2.20. The Morgan fingerprint density at radius 3 is 2.42 bits per heavy atom. The van der Waals surface area contributed by atoms with Crippen molar-refractivity contribution in [2.24, 2.45) is 0 Å². The molecule has 1 aromatic heterocycles. The molecule has 0 aliphatic heterocycles. The van der Waals surface area contributed by atoms with Gasteiger partial charge >= 0.3 is 0 Å². The molecule has 0 bridgehead atoms. The van der Waals surface area contributed by atoms with E-state index >= 15 is 0 Å². The van der Waals surface area contributed by atoms with Crippen molar-refractivity contribution < 1.29 is 18.7 Å². The standard InChI is InChI=1S/C26H23FN2O3S/c1-31-23-13-12-18(16-24(23)32-2)14-15-29(25(30)20-10-6-7-11-21(20)27)26-28-22(17-33-26)19-8-4-3-5-9-19/h3-13,16-17H,14-15H2,1-2H3. The van der Waals surface area contributed by atoms with Crippen LogP contribution >= 0.6 is 11.3 Å². The van der Waals surface area contributed by atoms with Gasteiger partial charge < -0.3 is 9.47 Å². The van der Waals surface area contributed by atoms with Crippen molar-refractivity contribution in [1.82, 2.24) is 4.98 Å². The van der Waals surface area contributed by atoms with Gasteiger partial charge in [0.15, 0.2) is 16.6 Å². The number of halogens is 1. The van der Waals surface area contributed by atoms with E-state index in [0.29, 0.717) is 29.6 Å². The minimum atomic E-state index is -0.557. The van der Waals surface area contributed by atoms with Crippen LogP contribution in [0, 0.1) is 5.82 Å². The summed E-state index contributed by atoms with van der Waals surface area (Å²) in [6, 6.07) is 21.4. The number of hydrogen-bond donors (Lipinski definition) is 0. The number of carbonyl (C=O) groups is 1.